The van der Waals surface area contributed by atoms with Gasteiger partial charge in [-0.2, -0.15) is 0 Å². The first-order chi connectivity index (χ1) is 7.18. The maximum absolute atomic E-state index is 11.0. The van der Waals surface area contributed by atoms with Crippen LogP contribution in [0, 0.1) is 5.92 Å². The maximum Gasteiger partial charge on any atom is 0.309 e. The molecule has 0 radical (unpaired) electrons. The number of carboxylic acids is 1. The van der Waals surface area contributed by atoms with E-state index in [9.17, 15) is 4.79 Å². The van der Waals surface area contributed by atoms with Crippen molar-refractivity contribution in [3.8, 4) is 0 Å². The van der Waals surface area contributed by atoms with E-state index in [0.717, 1.165) is 10.0 Å². The third-order valence-electron chi connectivity index (χ3n) is 2.70. The Morgan fingerprint density at radius 2 is 2.00 bits per heavy atom. The average Bonchev–Trinajstić information content (AvgIpc) is 2.67. The van der Waals surface area contributed by atoms with Crippen LogP contribution in [0.15, 0.2) is 28.7 Å². The summed E-state index contributed by atoms with van der Waals surface area (Å²) >= 11 is 3.35. The van der Waals surface area contributed by atoms with E-state index in [2.05, 4.69) is 15.9 Å². The van der Waals surface area contributed by atoms with Crippen molar-refractivity contribution in [2.45, 2.75) is 5.92 Å². The fraction of sp³-hybridized carbons (Fsp3) is 0.364. The number of carbonyl (C=O) groups is 1. The first-order valence-corrected chi connectivity index (χ1v) is 5.54. The first-order valence-electron chi connectivity index (χ1n) is 4.74. The molecule has 2 unspecified atom stereocenters. The van der Waals surface area contributed by atoms with Crippen LogP contribution in [0.25, 0.3) is 0 Å². The van der Waals surface area contributed by atoms with Gasteiger partial charge in [-0.25, -0.2) is 0 Å². The minimum atomic E-state index is -0.777. The van der Waals surface area contributed by atoms with Gasteiger partial charge >= 0.3 is 5.97 Å². The summed E-state index contributed by atoms with van der Waals surface area (Å²) in [6.07, 6.45) is 0. The van der Waals surface area contributed by atoms with E-state index in [0.29, 0.717) is 13.2 Å². The predicted molar refractivity (Wildman–Crippen MR) is 58.8 cm³/mol. The van der Waals surface area contributed by atoms with Gasteiger partial charge in [-0.3, -0.25) is 4.79 Å². The monoisotopic (exact) mass is 270 g/mol. The van der Waals surface area contributed by atoms with E-state index in [1.54, 1.807) is 0 Å². The first kappa shape index (κ1) is 10.6. The third kappa shape index (κ3) is 2.21. The number of halogens is 1. The Balaban J connectivity index is 2.22. The molecule has 0 aromatic heterocycles. The molecule has 1 aromatic carbocycles. The van der Waals surface area contributed by atoms with Crippen LogP contribution in [0.3, 0.4) is 0 Å². The van der Waals surface area contributed by atoms with E-state index >= 15 is 0 Å². The zero-order valence-corrected chi connectivity index (χ0v) is 9.61. The molecule has 80 valence electrons. The molecule has 3 nitrogen and oxygen atoms in total. The summed E-state index contributed by atoms with van der Waals surface area (Å²) in [4.78, 5) is 11.0. The third-order valence-corrected chi connectivity index (χ3v) is 3.22. The molecule has 0 bridgehead atoms. The second-order valence-corrected chi connectivity index (χ2v) is 4.56. The van der Waals surface area contributed by atoms with Gasteiger partial charge in [0.15, 0.2) is 0 Å². The van der Waals surface area contributed by atoms with Crippen molar-refractivity contribution in [3.05, 3.63) is 34.3 Å². The average molecular weight is 271 g/mol. The molecule has 1 fully saturated rings. The summed E-state index contributed by atoms with van der Waals surface area (Å²) in [6.45, 7) is 0.814. The normalized spacial score (nSPS) is 25.4. The SMILES string of the molecule is O=C(O)C1COCC1c1ccc(Br)cc1. The van der Waals surface area contributed by atoms with Crippen molar-refractivity contribution in [2.75, 3.05) is 13.2 Å². The summed E-state index contributed by atoms with van der Waals surface area (Å²) in [5.74, 6) is -1.21. The number of aliphatic carboxylic acids is 1. The number of benzene rings is 1. The van der Waals surface area contributed by atoms with E-state index < -0.39 is 11.9 Å². The summed E-state index contributed by atoms with van der Waals surface area (Å²) in [7, 11) is 0. The summed E-state index contributed by atoms with van der Waals surface area (Å²) in [5.41, 5.74) is 1.03. The molecule has 0 saturated carbocycles. The van der Waals surface area contributed by atoms with Crippen molar-refractivity contribution in [1.82, 2.24) is 0 Å². The summed E-state index contributed by atoms with van der Waals surface area (Å²) < 4.78 is 6.22. The lowest BCUT2D eigenvalue weighted by Gasteiger charge is -2.13. The second-order valence-electron chi connectivity index (χ2n) is 3.64. The highest BCUT2D eigenvalue weighted by atomic mass is 79.9. The lowest BCUT2D eigenvalue weighted by Crippen LogP contribution is -2.20. The highest BCUT2D eigenvalue weighted by Gasteiger charge is 2.34. The van der Waals surface area contributed by atoms with Crippen LogP contribution in [-0.2, 0) is 9.53 Å². The molecule has 4 heteroatoms. The Bertz CT molecular complexity index is 361. The summed E-state index contributed by atoms with van der Waals surface area (Å²) in [6, 6.07) is 7.73. The van der Waals surface area contributed by atoms with Crippen LogP contribution in [0.5, 0.6) is 0 Å². The van der Waals surface area contributed by atoms with Gasteiger partial charge in [0.1, 0.15) is 0 Å². The van der Waals surface area contributed by atoms with Crippen molar-refractivity contribution >= 4 is 21.9 Å². The van der Waals surface area contributed by atoms with Crippen molar-refractivity contribution in [3.63, 3.8) is 0 Å². The van der Waals surface area contributed by atoms with Gasteiger partial charge in [-0.1, -0.05) is 28.1 Å². The Kier molecular flexibility index (Phi) is 3.07. The van der Waals surface area contributed by atoms with E-state index in [4.69, 9.17) is 9.84 Å². The number of carboxylic acid groups (broad SMARTS) is 1. The van der Waals surface area contributed by atoms with Crippen molar-refractivity contribution < 1.29 is 14.6 Å². The Morgan fingerprint density at radius 3 is 2.60 bits per heavy atom. The molecule has 15 heavy (non-hydrogen) atoms. The molecule has 2 atom stereocenters. The van der Waals surface area contributed by atoms with Crippen LogP contribution >= 0.6 is 15.9 Å². The topological polar surface area (TPSA) is 46.5 Å². The van der Waals surface area contributed by atoms with E-state index in [1.807, 2.05) is 24.3 Å². The van der Waals surface area contributed by atoms with Gasteiger partial charge in [-0.15, -0.1) is 0 Å². The van der Waals surface area contributed by atoms with E-state index in [-0.39, 0.29) is 5.92 Å². The van der Waals surface area contributed by atoms with Gasteiger partial charge in [0.2, 0.25) is 0 Å². The molecule has 1 aliphatic heterocycles. The smallest absolute Gasteiger partial charge is 0.309 e. The molecule has 0 spiro atoms. The van der Waals surface area contributed by atoms with Crippen molar-refractivity contribution in [1.29, 1.82) is 0 Å². The van der Waals surface area contributed by atoms with Crippen LogP contribution in [0.4, 0.5) is 0 Å². The molecule has 1 aromatic rings. The van der Waals surface area contributed by atoms with Crippen LogP contribution in [0.2, 0.25) is 0 Å². The lowest BCUT2D eigenvalue weighted by atomic mass is 9.89. The minimum absolute atomic E-state index is 0.0180. The molecule has 2 rings (SSSR count). The molecule has 1 saturated heterocycles. The van der Waals surface area contributed by atoms with Crippen LogP contribution in [-0.4, -0.2) is 24.3 Å². The standard InChI is InChI=1S/C11H11BrO3/c12-8-3-1-7(2-4-8)9-5-15-6-10(9)11(13)14/h1-4,9-10H,5-6H2,(H,13,14). The van der Waals surface area contributed by atoms with Gasteiger partial charge in [0.25, 0.3) is 0 Å². The molecule has 1 N–H and O–H groups in total. The number of rotatable bonds is 2. The van der Waals surface area contributed by atoms with Gasteiger partial charge < -0.3 is 9.84 Å². The molecular formula is C11H11BrO3. The highest BCUT2D eigenvalue weighted by Crippen LogP contribution is 2.31. The Hall–Kier alpha value is -0.870. The fourth-order valence-electron chi connectivity index (χ4n) is 1.84. The van der Waals surface area contributed by atoms with E-state index in [1.165, 1.54) is 0 Å². The number of hydrogen-bond acceptors (Lipinski definition) is 2. The van der Waals surface area contributed by atoms with Gasteiger partial charge in [0.05, 0.1) is 19.1 Å². The summed E-state index contributed by atoms with van der Waals surface area (Å²) in [5, 5.41) is 9.01. The molecule has 1 heterocycles. The van der Waals surface area contributed by atoms with Crippen LogP contribution in [0.1, 0.15) is 11.5 Å². The highest BCUT2D eigenvalue weighted by molar-refractivity contribution is 9.10. The number of hydrogen-bond donors (Lipinski definition) is 1. The Labute approximate surface area is 96.2 Å². The lowest BCUT2D eigenvalue weighted by molar-refractivity contribution is -0.142. The molecule has 0 amide bonds. The van der Waals surface area contributed by atoms with Crippen molar-refractivity contribution in [2.24, 2.45) is 5.92 Å². The molecule has 0 aliphatic carbocycles. The fourth-order valence-corrected chi connectivity index (χ4v) is 2.10. The largest absolute Gasteiger partial charge is 0.481 e. The number of ether oxygens (including phenoxy) is 1. The second kappa shape index (κ2) is 4.33. The zero-order valence-electron chi connectivity index (χ0n) is 8.02. The predicted octanol–water partition coefficient (Wildman–Crippen LogP) is 2.26. The maximum atomic E-state index is 11.0. The zero-order chi connectivity index (χ0) is 10.8. The minimum Gasteiger partial charge on any atom is -0.481 e. The van der Waals surface area contributed by atoms with Gasteiger partial charge in [0, 0.05) is 10.4 Å². The van der Waals surface area contributed by atoms with Crippen LogP contribution < -0.4 is 0 Å². The van der Waals surface area contributed by atoms with Gasteiger partial charge in [-0.05, 0) is 17.7 Å². The quantitative estimate of drug-likeness (QED) is 0.897. The Morgan fingerprint density at radius 1 is 1.33 bits per heavy atom. The molecular weight excluding hydrogens is 260 g/mol. The molecule has 1 aliphatic rings.